The number of halogens is 1. The summed E-state index contributed by atoms with van der Waals surface area (Å²) in [5, 5.41) is 0. The fourth-order valence-corrected chi connectivity index (χ4v) is 1.29. The van der Waals surface area contributed by atoms with E-state index in [-0.39, 0.29) is 12.8 Å². The summed E-state index contributed by atoms with van der Waals surface area (Å²) in [4.78, 5) is 22.5. The van der Waals surface area contributed by atoms with Crippen molar-refractivity contribution in [2.45, 2.75) is 6.54 Å². The first-order valence-corrected chi connectivity index (χ1v) is 4.61. The Balaban J connectivity index is 2.90. The van der Waals surface area contributed by atoms with Crippen LogP contribution in [-0.2, 0) is 16.1 Å². The summed E-state index contributed by atoms with van der Waals surface area (Å²) in [5.74, 6) is -0.596. The van der Waals surface area contributed by atoms with Crippen molar-refractivity contribution in [3.63, 3.8) is 0 Å². The highest BCUT2D eigenvalue weighted by Gasteiger charge is 2.11. The van der Waals surface area contributed by atoms with E-state index in [0.717, 1.165) is 0 Å². The Morgan fingerprint density at radius 1 is 1.56 bits per heavy atom. The van der Waals surface area contributed by atoms with Crippen LogP contribution in [0.2, 0.25) is 0 Å². The number of aldehydes is 1. The third kappa shape index (κ3) is 2.79. The molecule has 86 valence electrons. The summed E-state index contributed by atoms with van der Waals surface area (Å²) >= 11 is 0. The van der Waals surface area contributed by atoms with Gasteiger partial charge in [0.15, 0.2) is 0 Å². The summed E-state index contributed by atoms with van der Waals surface area (Å²) in [5.41, 5.74) is 0.514. The first-order valence-electron chi connectivity index (χ1n) is 4.61. The zero-order chi connectivity index (χ0) is 12.1. The van der Waals surface area contributed by atoms with Crippen LogP contribution in [0.25, 0.3) is 0 Å². The molecule has 0 atom stereocenters. The summed E-state index contributed by atoms with van der Waals surface area (Å²) in [6.07, 6.45) is 0.214. The molecule has 0 saturated carbocycles. The van der Waals surface area contributed by atoms with Crippen LogP contribution in [0.3, 0.4) is 0 Å². The number of carbonyl (C=O) groups is 2. The van der Waals surface area contributed by atoms with Gasteiger partial charge in [0.1, 0.15) is 11.6 Å². The molecule has 0 N–H and O–H groups in total. The van der Waals surface area contributed by atoms with Gasteiger partial charge in [0.05, 0.1) is 7.11 Å². The van der Waals surface area contributed by atoms with Gasteiger partial charge >= 0.3 is 0 Å². The van der Waals surface area contributed by atoms with Crippen molar-refractivity contribution in [1.29, 1.82) is 0 Å². The number of likely N-dealkylation sites (N-methyl/N-ethyl adjacent to an activating group) is 1. The summed E-state index contributed by atoms with van der Waals surface area (Å²) in [6.45, 7) is 0.124. The fraction of sp³-hybridized carbons (Fsp3) is 0.273. The van der Waals surface area contributed by atoms with E-state index in [1.54, 1.807) is 0 Å². The van der Waals surface area contributed by atoms with Crippen LogP contribution in [0.15, 0.2) is 18.2 Å². The highest BCUT2D eigenvalue weighted by molar-refractivity contribution is 6.23. The van der Waals surface area contributed by atoms with Crippen molar-refractivity contribution in [3.05, 3.63) is 29.6 Å². The summed E-state index contributed by atoms with van der Waals surface area (Å²) in [7, 11) is 2.92. The molecule has 0 aliphatic rings. The molecule has 1 aromatic rings. The first kappa shape index (κ1) is 12.2. The van der Waals surface area contributed by atoms with Crippen molar-refractivity contribution in [3.8, 4) is 5.75 Å². The van der Waals surface area contributed by atoms with Crippen molar-refractivity contribution in [1.82, 2.24) is 4.90 Å². The minimum Gasteiger partial charge on any atom is -0.496 e. The fourth-order valence-electron chi connectivity index (χ4n) is 1.29. The molecule has 5 heteroatoms. The molecule has 0 bridgehead atoms. The minimum absolute atomic E-state index is 0.124. The molecule has 0 aromatic heterocycles. The Labute approximate surface area is 92.6 Å². The van der Waals surface area contributed by atoms with Gasteiger partial charge in [0.25, 0.3) is 5.91 Å². The van der Waals surface area contributed by atoms with Gasteiger partial charge < -0.3 is 9.64 Å². The molecule has 16 heavy (non-hydrogen) atoms. The van der Waals surface area contributed by atoms with Crippen LogP contribution in [0.4, 0.5) is 4.39 Å². The molecule has 1 rings (SSSR count). The van der Waals surface area contributed by atoms with Crippen molar-refractivity contribution in [2.75, 3.05) is 14.2 Å². The van der Waals surface area contributed by atoms with Crippen molar-refractivity contribution in [2.24, 2.45) is 0 Å². The largest absolute Gasteiger partial charge is 0.496 e. The summed E-state index contributed by atoms with van der Waals surface area (Å²) < 4.78 is 18.0. The third-order valence-corrected chi connectivity index (χ3v) is 2.13. The van der Waals surface area contributed by atoms with Gasteiger partial charge in [0.2, 0.25) is 6.29 Å². The molecule has 0 saturated heterocycles. The van der Waals surface area contributed by atoms with Crippen LogP contribution >= 0.6 is 0 Å². The Morgan fingerprint density at radius 3 is 2.81 bits per heavy atom. The van der Waals surface area contributed by atoms with E-state index in [0.29, 0.717) is 11.3 Å². The lowest BCUT2D eigenvalue weighted by molar-refractivity contribution is -0.138. The molecule has 4 nitrogen and oxygen atoms in total. The molecule has 0 fully saturated rings. The van der Waals surface area contributed by atoms with E-state index in [4.69, 9.17) is 4.74 Å². The lowest BCUT2D eigenvalue weighted by atomic mass is 10.2. The van der Waals surface area contributed by atoms with Crippen LogP contribution in [0, 0.1) is 5.82 Å². The molecule has 0 aliphatic carbocycles. The molecule has 0 aliphatic heterocycles. The second kappa shape index (κ2) is 5.25. The standard InChI is InChI=1S/C11H12FNO3/c1-13(11(15)7-14)6-8-5-9(12)3-4-10(8)16-2/h3-5,7H,6H2,1-2H3. The van der Waals surface area contributed by atoms with Crippen molar-refractivity contribution < 1.29 is 18.7 Å². The zero-order valence-electron chi connectivity index (χ0n) is 9.07. The predicted octanol–water partition coefficient (Wildman–Crippen LogP) is 0.992. The van der Waals surface area contributed by atoms with E-state index in [2.05, 4.69) is 0 Å². The number of methoxy groups -OCH3 is 1. The van der Waals surface area contributed by atoms with E-state index in [1.165, 1.54) is 37.3 Å². The van der Waals surface area contributed by atoms with Crippen molar-refractivity contribution >= 4 is 12.2 Å². The van der Waals surface area contributed by atoms with E-state index < -0.39 is 11.7 Å². The van der Waals surface area contributed by atoms with Crippen LogP contribution < -0.4 is 4.74 Å². The quantitative estimate of drug-likeness (QED) is 0.567. The van der Waals surface area contributed by atoms with Gasteiger partial charge in [-0.3, -0.25) is 9.59 Å². The van der Waals surface area contributed by atoms with E-state index >= 15 is 0 Å². The third-order valence-electron chi connectivity index (χ3n) is 2.13. The number of hydrogen-bond donors (Lipinski definition) is 0. The van der Waals surface area contributed by atoms with E-state index in [9.17, 15) is 14.0 Å². The lowest BCUT2D eigenvalue weighted by Crippen LogP contribution is -2.27. The number of carbonyl (C=O) groups excluding carboxylic acids is 2. The lowest BCUT2D eigenvalue weighted by Gasteiger charge is -2.16. The maximum atomic E-state index is 13.0. The second-order valence-electron chi connectivity index (χ2n) is 3.27. The average Bonchev–Trinajstić information content (AvgIpc) is 2.28. The van der Waals surface area contributed by atoms with Gasteiger partial charge in [-0.15, -0.1) is 0 Å². The number of nitrogens with zero attached hydrogens (tertiary/aromatic N) is 1. The van der Waals surface area contributed by atoms with Gasteiger partial charge in [-0.2, -0.15) is 0 Å². The molecule has 0 spiro atoms. The molecule has 1 aromatic carbocycles. The smallest absolute Gasteiger partial charge is 0.286 e. The SMILES string of the molecule is COc1ccc(F)cc1CN(C)C(=O)C=O. The van der Waals surface area contributed by atoms with Gasteiger partial charge in [0, 0.05) is 19.2 Å². The number of amides is 1. The van der Waals surface area contributed by atoms with Gasteiger partial charge in [-0.25, -0.2) is 4.39 Å². The number of benzene rings is 1. The minimum atomic E-state index is -0.661. The summed E-state index contributed by atoms with van der Waals surface area (Å²) in [6, 6.07) is 4.02. The molecular weight excluding hydrogens is 213 g/mol. The Morgan fingerprint density at radius 2 is 2.25 bits per heavy atom. The van der Waals surface area contributed by atoms with Gasteiger partial charge in [-0.05, 0) is 18.2 Å². The molecule has 1 amide bonds. The highest BCUT2D eigenvalue weighted by Crippen LogP contribution is 2.20. The predicted molar refractivity (Wildman–Crippen MR) is 55.5 cm³/mol. The topological polar surface area (TPSA) is 46.6 Å². The molecule has 0 heterocycles. The Kier molecular flexibility index (Phi) is 3.99. The van der Waals surface area contributed by atoms with Crippen LogP contribution in [-0.4, -0.2) is 31.3 Å². The zero-order valence-corrected chi connectivity index (χ0v) is 9.07. The number of ether oxygens (including phenoxy) is 1. The number of hydrogen-bond acceptors (Lipinski definition) is 3. The second-order valence-corrected chi connectivity index (χ2v) is 3.27. The number of rotatable bonds is 4. The normalized spacial score (nSPS) is 9.69. The maximum absolute atomic E-state index is 13.0. The Hall–Kier alpha value is -1.91. The molecule has 0 radical (unpaired) electrons. The Bertz CT molecular complexity index is 406. The van der Waals surface area contributed by atoms with Crippen LogP contribution in [0.1, 0.15) is 5.56 Å². The monoisotopic (exact) mass is 225 g/mol. The maximum Gasteiger partial charge on any atom is 0.286 e. The van der Waals surface area contributed by atoms with Crippen LogP contribution in [0.5, 0.6) is 5.75 Å². The molecular formula is C11H12FNO3. The highest BCUT2D eigenvalue weighted by atomic mass is 19.1. The first-order chi connectivity index (χ1) is 7.58. The van der Waals surface area contributed by atoms with Gasteiger partial charge in [-0.1, -0.05) is 0 Å². The average molecular weight is 225 g/mol. The van der Waals surface area contributed by atoms with E-state index in [1.807, 2.05) is 0 Å². The molecule has 0 unspecified atom stereocenters.